The maximum Gasteiger partial charge on any atom is 0.241 e. The third kappa shape index (κ3) is 2.82. The van der Waals surface area contributed by atoms with E-state index in [9.17, 15) is 4.79 Å². The van der Waals surface area contributed by atoms with Crippen LogP contribution in [0.25, 0.3) is 11.6 Å². The number of likely N-dealkylation sites (tertiary alicyclic amines) is 1. The van der Waals surface area contributed by atoms with Gasteiger partial charge in [0.05, 0.1) is 18.8 Å². The Bertz CT molecular complexity index is 606. The zero-order valence-corrected chi connectivity index (χ0v) is 12.2. The van der Waals surface area contributed by atoms with E-state index in [-0.39, 0.29) is 11.9 Å². The topological polar surface area (TPSA) is 75.6 Å². The van der Waals surface area contributed by atoms with E-state index in [2.05, 4.69) is 15.0 Å². The fourth-order valence-electron chi connectivity index (χ4n) is 2.59. The minimum atomic E-state index is -0.0982. The van der Waals surface area contributed by atoms with E-state index >= 15 is 0 Å². The Hall–Kier alpha value is -2.15. The van der Waals surface area contributed by atoms with Crippen LogP contribution in [0.5, 0.6) is 0 Å². The number of nitrogens with zero attached hydrogens (tertiary/aromatic N) is 4. The zero-order valence-electron chi connectivity index (χ0n) is 12.2. The predicted molar refractivity (Wildman–Crippen MR) is 74.1 cm³/mol. The molecule has 0 spiro atoms. The van der Waals surface area contributed by atoms with E-state index in [1.54, 1.807) is 37.4 Å². The van der Waals surface area contributed by atoms with Crippen LogP contribution < -0.4 is 0 Å². The molecule has 2 aromatic rings. The average Bonchev–Trinajstić information content (AvgIpc) is 3.19. The number of carbonyl (C=O) groups is 1. The molecule has 3 heterocycles. The van der Waals surface area contributed by atoms with E-state index in [1.165, 1.54) is 0 Å². The molecule has 7 heteroatoms. The van der Waals surface area contributed by atoms with E-state index in [1.807, 2.05) is 0 Å². The summed E-state index contributed by atoms with van der Waals surface area (Å²) in [5.74, 6) is 1.63. The number of amides is 1. The third-order valence-corrected chi connectivity index (χ3v) is 3.64. The first-order valence-corrected chi connectivity index (χ1v) is 6.97. The number of hydrogen-bond donors (Lipinski definition) is 0. The SMILES string of the molecule is CN(C)C(=O)C1CCCN1Cc1nc(-c2ccco2)no1. The average molecular weight is 290 g/mol. The van der Waals surface area contributed by atoms with E-state index in [0.717, 1.165) is 19.4 Å². The van der Waals surface area contributed by atoms with Crippen molar-refractivity contribution in [3.05, 3.63) is 24.3 Å². The lowest BCUT2D eigenvalue weighted by atomic mass is 10.2. The molecule has 1 fully saturated rings. The summed E-state index contributed by atoms with van der Waals surface area (Å²) in [6.07, 6.45) is 3.44. The summed E-state index contributed by atoms with van der Waals surface area (Å²) in [5, 5.41) is 3.90. The van der Waals surface area contributed by atoms with Gasteiger partial charge in [-0.25, -0.2) is 0 Å². The number of hydrogen-bond acceptors (Lipinski definition) is 6. The summed E-state index contributed by atoms with van der Waals surface area (Å²) >= 11 is 0. The Kier molecular flexibility index (Phi) is 3.74. The number of aromatic nitrogens is 2. The van der Waals surface area contributed by atoms with Gasteiger partial charge >= 0.3 is 0 Å². The molecule has 3 rings (SSSR count). The van der Waals surface area contributed by atoms with Crippen molar-refractivity contribution in [2.75, 3.05) is 20.6 Å². The Labute approximate surface area is 122 Å². The number of likely N-dealkylation sites (N-methyl/N-ethyl adjacent to an activating group) is 1. The van der Waals surface area contributed by atoms with Crippen LogP contribution in [-0.2, 0) is 11.3 Å². The van der Waals surface area contributed by atoms with Gasteiger partial charge in [-0.15, -0.1) is 0 Å². The second-order valence-electron chi connectivity index (χ2n) is 5.35. The molecule has 0 radical (unpaired) electrons. The van der Waals surface area contributed by atoms with Crippen LogP contribution in [-0.4, -0.2) is 52.5 Å². The van der Waals surface area contributed by atoms with Gasteiger partial charge in [-0.3, -0.25) is 9.69 Å². The van der Waals surface area contributed by atoms with Gasteiger partial charge in [0, 0.05) is 14.1 Å². The summed E-state index contributed by atoms with van der Waals surface area (Å²) in [6, 6.07) is 3.46. The molecule has 0 saturated carbocycles. The molecule has 1 aliphatic rings. The van der Waals surface area contributed by atoms with Crippen LogP contribution in [0.3, 0.4) is 0 Å². The van der Waals surface area contributed by atoms with Crippen molar-refractivity contribution in [1.82, 2.24) is 19.9 Å². The molecule has 0 aromatic carbocycles. The molecule has 0 N–H and O–H groups in total. The molecule has 0 bridgehead atoms. The van der Waals surface area contributed by atoms with Crippen molar-refractivity contribution in [3.8, 4) is 11.6 Å². The number of furan rings is 1. The van der Waals surface area contributed by atoms with Crippen molar-refractivity contribution in [2.45, 2.75) is 25.4 Å². The standard InChI is InChI=1S/C14H18N4O3/c1-17(2)14(19)10-5-3-7-18(10)9-12-15-13(16-21-12)11-6-4-8-20-11/h4,6,8,10H,3,5,7,9H2,1-2H3. The van der Waals surface area contributed by atoms with Crippen LogP contribution >= 0.6 is 0 Å². The highest BCUT2D eigenvalue weighted by Crippen LogP contribution is 2.22. The lowest BCUT2D eigenvalue weighted by molar-refractivity contribution is -0.133. The molecule has 1 unspecified atom stereocenters. The van der Waals surface area contributed by atoms with Gasteiger partial charge < -0.3 is 13.8 Å². The van der Waals surface area contributed by atoms with Crippen molar-refractivity contribution in [2.24, 2.45) is 0 Å². The van der Waals surface area contributed by atoms with Crippen LogP contribution in [0.1, 0.15) is 18.7 Å². The van der Waals surface area contributed by atoms with E-state index in [4.69, 9.17) is 8.94 Å². The Balaban J connectivity index is 1.70. The first kappa shape index (κ1) is 13.8. The number of rotatable bonds is 4. The molecule has 7 nitrogen and oxygen atoms in total. The fourth-order valence-corrected chi connectivity index (χ4v) is 2.59. The van der Waals surface area contributed by atoms with E-state index < -0.39 is 0 Å². The summed E-state index contributed by atoms with van der Waals surface area (Å²) in [5.41, 5.74) is 0. The van der Waals surface area contributed by atoms with Crippen LogP contribution in [0.15, 0.2) is 27.3 Å². The minimum absolute atomic E-state index is 0.0982. The highest BCUT2D eigenvalue weighted by molar-refractivity contribution is 5.81. The largest absolute Gasteiger partial charge is 0.461 e. The molecule has 2 aromatic heterocycles. The summed E-state index contributed by atoms with van der Waals surface area (Å²) < 4.78 is 10.5. The molecule has 1 amide bonds. The molecule has 21 heavy (non-hydrogen) atoms. The second-order valence-corrected chi connectivity index (χ2v) is 5.35. The Morgan fingerprint density at radius 3 is 3.10 bits per heavy atom. The molecule has 1 saturated heterocycles. The smallest absolute Gasteiger partial charge is 0.241 e. The van der Waals surface area contributed by atoms with Crippen LogP contribution in [0.4, 0.5) is 0 Å². The first-order valence-electron chi connectivity index (χ1n) is 6.97. The maximum absolute atomic E-state index is 12.1. The molecule has 112 valence electrons. The third-order valence-electron chi connectivity index (χ3n) is 3.64. The first-order chi connectivity index (χ1) is 10.1. The van der Waals surface area contributed by atoms with Crippen LogP contribution in [0.2, 0.25) is 0 Å². The lowest BCUT2D eigenvalue weighted by Crippen LogP contribution is -2.42. The van der Waals surface area contributed by atoms with Crippen molar-refractivity contribution in [1.29, 1.82) is 0 Å². The fraction of sp³-hybridized carbons (Fsp3) is 0.500. The molecule has 1 atom stereocenters. The highest BCUT2D eigenvalue weighted by atomic mass is 16.5. The number of carbonyl (C=O) groups excluding carboxylic acids is 1. The Morgan fingerprint density at radius 2 is 2.38 bits per heavy atom. The van der Waals surface area contributed by atoms with Gasteiger partial charge in [-0.1, -0.05) is 5.16 Å². The second kappa shape index (κ2) is 5.69. The van der Waals surface area contributed by atoms with Crippen LogP contribution in [0, 0.1) is 0 Å². The van der Waals surface area contributed by atoms with Crippen molar-refractivity contribution < 1.29 is 13.7 Å². The zero-order chi connectivity index (χ0) is 14.8. The predicted octanol–water partition coefficient (Wildman–Crippen LogP) is 1.38. The summed E-state index contributed by atoms with van der Waals surface area (Å²) in [6.45, 7) is 1.35. The van der Waals surface area contributed by atoms with Gasteiger partial charge in [0.1, 0.15) is 0 Å². The van der Waals surface area contributed by atoms with Gasteiger partial charge in [0.25, 0.3) is 0 Å². The molecule has 0 aliphatic carbocycles. The molecular weight excluding hydrogens is 272 g/mol. The van der Waals surface area contributed by atoms with Gasteiger partial charge in [-0.05, 0) is 31.5 Å². The summed E-state index contributed by atoms with van der Waals surface area (Å²) in [4.78, 5) is 20.2. The van der Waals surface area contributed by atoms with Gasteiger partial charge in [0.2, 0.25) is 17.6 Å². The molecular formula is C14H18N4O3. The quantitative estimate of drug-likeness (QED) is 0.847. The highest BCUT2D eigenvalue weighted by Gasteiger charge is 2.32. The Morgan fingerprint density at radius 1 is 1.52 bits per heavy atom. The molecule has 1 aliphatic heterocycles. The normalized spacial score (nSPS) is 19.0. The maximum atomic E-state index is 12.1. The lowest BCUT2D eigenvalue weighted by Gasteiger charge is -2.24. The van der Waals surface area contributed by atoms with Crippen molar-refractivity contribution >= 4 is 5.91 Å². The van der Waals surface area contributed by atoms with Crippen molar-refractivity contribution in [3.63, 3.8) is 0 Å². The van der Waals surface area contributed by atoms with Gasteiger partial charge in [-0.2, -0.15) is 4.98 Å². The van der Waals surface area contributed by atoms with Gasteiger partial charge in [0.15, 0.2) is 5.76 Å². The summed E-state index contributed by atoms with van der Waals surface area (Å²) in [7, 11) is 3.56. The minimum Gasteiger partial charge on any atom is -0.461 e. The monoisotopic (exact) mass is 290 g/mol. The van der Waals surface area contributed by atoms with E-state index in [0.29, 0.717) is 24.0 Å².